The molecule has 4 rings (SSSR count). The third-order valence-electron chi connectivity index (χ3n) is 7.15. The zero-order chi connectivity index (χ0) is 26.7. The Morgan fingerprint density at radius 3 is 2.08 bits per heavy atom. The van der Waals surface area contributed by atoms with Gasteiger partial charge in [0, 0.05) is 44.8 Å². The fourth-order valence-electron chi connectivity index (χ4n) is 4.81. The summed E-state index contributed by atoms with van der Waals surface area (Å²) in [5.41, 5.74) is 3.39. The number of hydrogen-bond acceptors (Lipinski definition) is 7. The van der Waals surface area contributed by atoms with Gasteiger partial charge in [0.1, 0.15) is 5.75 Å². The first-order valence-corrected chi connectivity index (χ1v) is 13.8. The molecule has 0 saturated carbocycles. The quantitative estimate of drug-likeness (QED) is 0.510. The number of rotatable bonds is 7. The van der Waals surface area contributed by atoms with Crippen molar-refractivity contribution in [2.75, 3.05) is 59.0 Å². The molecule has 0 atom stereocenters. The van der Waals surface area contributed by atoms with Crippen molar-refractivity contribution >= 4 is 21.6 Å². The van der Waals surface area contributed by atoms with E-state index in [1.807, 2.05) is 37.0 Å². The normalized spacial score (nSPS) is 16.8. The van der Waals surface area contributed by atoms with Crippen LogP contribution >= 0.6 is 0 Å². The van der Waals surface area contributed by atoms with Crippen LogP contribution in [0.4, 0.5) is 5.69 Å². The van der Waals surface area contributed by atoms with Crippen LogP contribution in [0.25, 0.3) is 0 Å². The molecule has 0 radical (unpaired) electrons. The summed E-state index contributed by atoms with van der Waals surface area (Å²) in [6.07, 6.45) is 2.40. The van der Waals surface area contributed by atoms with Gasteiger partial charge in [0.2, 0.25) is 15.9 Å². The van der Waals surface area contributed by atoms with Crippen molar-refractivity contribution in [2.45, 2.75) is 31.7 Å². The number of carbonyl (C=O) groups excluding carboxylic acids is 1. The molecule has 0 aliphatic carbocycles. The van der Waals surface area contributed by atoms with Gasteiger partial charge in [0.15, 0.2) is 11.5 Å². The molecule has 2 aliphatic rings. The Kier molecular flexibility index (Phi) is 7.99. The fraction of sp³-hybridized carbons (Fsp3) is 0.444. The van der Waals surface area contributed by atoms with Crippen molar-refractivity contribution < 1.29 is 27.4 Å². The zero-order valence-electron chi connectivity index (χ0n) is 22.1. The van der Waals surface area contributed by atoms with Crippen molar-refractivity contribution in [1.82, 2.24) is 9.21 Å². The SMILES string of the molecule is C/C=C(\C)C(=O)N1CCN(c2cc(S(=O)(=O)N3CCc4cc(OC)c(OC)cc4C3)ccc2OC)CC1. The second-order valence-electron chi connectivity index (χ2n) is 9.15. The highest BCUT2D eigenvalue weighted by Gasteiger charge is 2.31. The van der Waals surface area contributed by atoms with E-state index in [1.165, 1.54) is 4.31 Å². The minimum atomic E-state index is -3.76. The second kappa shape index (κ2) is 11.0. The molecule has 0 N–H and O–H groups in total. The summed E-state index contributed by atoms with van der Waals surface area (Å²) < 4.78 is 45.3. The second-order valence-corrected chi connectivity index (χ2v) is 11.1. The first kappa shape index (κ1) is 26.8. The topological polar surface area (TPSA) is 88.6 Å². The van der Waals surface area contributed by atoms with Crippen LogP contribution in [-0.2, 0) is 27.8 Å². The van der Waals surface area contributed by atoms with Gasteiger partial charge in [-0.1, -0.05) is 6.08 Å². The fourth-order valence-corrected chi connectivity index (χ4v) is 6.25. The molecule has 1 fully saturated rings. The maximum Gasteiger partial charge on any atom is 0.249 e. The summed E-state index contributed by atoms with van der Waals surface area (Å²) in [4.78, 5) is 16.7. The van der Waals surface area contributed by atoms with E-state index in [9.17, 15) is 13.2 Å². The number of allylic oxidation sites excluding steroid dienone is 1. The minimum Gasteiger partial charge on any atom is -0.495 e. The van der Waals surface area contributed by atoms with Crippen LogP contribution in [0.1, 0.15) is 25.0 Å². The maximum atomic E-state index is 13.7. The number of nitrogens with zero attached hydrogens (tertiary/aromatic N) is 3. The van der Waals surface area contributed by atoms with Crippen LogP contribution in [0, 0.1) is 0 Å². The zero-order valence-corrected chi connectivity index (χ0v) is 22.9. The summed E-state index contributed by atoms with van der Waals surface area (Å²) in [6, 6.07) is 8.76. The van der Waals surface area contributed by atoms with E-state index in [0.29, 0.717) is 62.1 Å². The van der Waals surface area contributed by atoms with Crippen molar-refractivity contribution in [3.63, 3.8) is 0 Å². The number of fused-ring (bicyclic) bond motifs is 1. The number of benzene rings is 2. The van der Waals surface area contributed by atoms with Gasteiger partial charge in [-0.3, -0.25) is 4.79 Å². The molecule has 0 unspecified atom stereocenters. The molecular weight excluding hydrogens is 494 g/mol. The van der Waals surface area contributed by atoms with Crippen LogP contribution in [0.15, 0.2) is 46.9 Å². The molecule has 200 valence electrons. The number of ether oxygens (including phenoxy) is 3. The third-order valence-corrected chi connectivity index (χ3v) is 8.99. The van der Waals surface area contributed by atoms with Gasteiger partial charge in [0.25, 0.3) is 0 Å². The number of amides is 1. The smallest absolute Gasteiger partial charge is 0.249 e. The summed E-state index contributed by atoms with van der Waals surface area (Å²) in [7, 11) is 0.974. The van der Waals surface area contributed by atoms with Crippen molar-refractivity contribution in [3.8, 4) is 17.2 Å². The van der Waals surface area contributed by atoms with E-state index in [4.69, 9.17) is 14.2 Å². The predicted molar refractivity (Wildman–Crippen MR) is 142 cm³/mol. The van der Waals surface area contributed by atoms with Crippen molar-refractivity contribution in [3.05, 3.63) is 53.1 Å². The molecule has 2 heterocycles. The Bertz CT molecular complexity index is 1300. The van der Waals surface area contributed by atoms with Crippen molar-refractivity contribution in [1.29, 1.82) is 0 Å². The summed E-state index contributed by atoms with van der Waals surface area (Å²) in [5.74, 6) is 1.85. The van der Waals surface area contributed by atoms with Crippen molar-refractivity contribution in [2.24, 2.45) is 0 Å². The molecule has 9 nitrogen and oxygen atoms in total. The van der Waals surface area contributed by atoms with Crippen LogP contribution in [0.2, 0.25) is 0 Å². The minimum absolute atomic E-state index is 0.0325. The molecule has 37 heavy (non-hydrogen) atoms. The molecule has 1 saturated heterocycles. The summed E-state index contributed by atoms with van der Waals surface area (Å²) >= 11 is 0. The lowest BCUT2D eigenvalue weighted by atomic mass is 10.0. The first-order chi connectivity index (χ1) is 17.7. The summed E-state index contributed by atoms with van der Waals surface area (Å²) in [6.45, 7) is 6.58. The molecule has 2 aliphatic heterocycles. The van der Waals surface area contributed by atoms with Crippen LogP contribution < -0.4 is 19.1 Å². The van der Waals surface area contributed by atoms with Gasteiger partial charge in [-0.05, 0) is 61.7 Å². The van der Waals surface area contributed by atoms with Gasteiger partial charge >= 0.3 is 0 Å². The summed E-state index contributed by atoms with van der Waals surface area (Å²) in [5, 5.41) is 0. The molecule has 2 aromatic carbocycles. The van der Waals surface area contributed by atoms with E-state index in [-0.39, 0.29) is 17.3 Å². The number of piperazine rings is 1. The Balaban J connectivity index is 1.57. The highest BCUT2D eigenvalue weighted by molar-refractivity contribution is 7.89. The number of anilines is 1. The van der Waals surface area contributed by atoms with Gasteiger partial charge in [-0.2, -0.15) is 4.31 Å². The average molecular weight is 530 g/mol. The number of methoxy groups -OCH3 is 3. The van der Waals surface area contributed by atoms with Crippen LogP contribution in [0.5, 0.6) is 17.2 Å². The maximum absolute atomic E-state index is 13.7. The highest BCUT2D eigenvalue weighted by atomic mass is 32.2. The standard InChI is InChI=1S/C27H35N3O6S/c1-6-19(2)27(31)29-13-11-28(12-14-29)23-17-22(7-8-24(23)34-3)37(32,33)30-10-9-20-15-25(35-4)26(36-5)16-21(20)18-30/h6-8,15-17H,9-14,18H2,1-5H3/b19-6+. The Labute approximate surface area is 219 Å². The van der Waals surface area contributed by atoms with Gasteiger partial charge in [-0.15, -0.1) is 0 Å². The molecule has 0 aromatic heterocycles. The monoisotopic (exact) mass is 529 g/mol. The Morgan fingerprint density at radius 2 is 1.49 bits per heavy atom. The molecule has 10 heteroatoms. The van der Waals surface area contributed by atoms with Gasteiger partial charge in [0.05, 0.1) is 31.9 Å². The van der Waals surface area contributed by atoms with E-state index in [2.05, 4.69) is 4.90 Å². The molecular formula is C27H35N3O6S. The third kappa shape index (κ3) is 5.26. The van der Waals surface area contributed by atoms with E-state index in [0.717, 1.165) is 16.7 Å². The number of sulfonamides is 1. The van der Waals surface area contributed by atoms with Gasteiger partial charge in [-0.25, -0.2) is 8.42 Å². The number of carbonyl (C=O) groups is 1. The lowest BCUT2D eigenvalue weighted by molar-refractivity contribution is -0.127. The molecule has 1 amide bonds. The average Bonchev–Trinajstić information content (AvgIpc) is 2.94. The van der Waals surface area contributed by atoms with E-state index in [1.54, 1.807) is 39.5 Å². The van der Waals surface area contributed by atoms with E-state index >= 15 is 0 Å². The van der Waals surface area contributed by atoms with Gasteiger partial charge < -0.3 is 24.0 Å². The largest absolute Gasteiger partial charge is 0.495 e. The Hall–Kier alpha value is -3.24. The van der Waals surface area contributed by atoms with Crippen LogP contribution in [0.3, 0.4) is 0 Å². The first-order valence-electron chi connectivity index (χ1n) is 12.3. The van der Waals surface area contributed by atoms with E-state index < -0.39 is 10.0 Å². The highest BCUT2D eigenvalue weighted by Crippen LogP contribution is 2.36. The predicted octanol–water partition coefficient (Wildman–Crippen LogP) is 3.07. The Morgan fingerprint density at radius 1 is 0.865 bits per heavy atom. The molecule has 0 spiro atoms. The number of hydrogen-bond donors (Lipinski definition) is 0. The molecule has 0 bridgehead atoms. The molecule has 2 aromatic rings. The van der Waals surface area contributed by atoms with Crippen LogP contribution in [-0.4, -0.2) is 77.6 Å². The lowest BCUT2D eigenvalue weighted by Gasteiger charge is -2.37. The lowest BCUT2D eigenvalue weighted by Crippen LogP contribution is -2.49.